The third kappa shape index (κ3) is 4.84. The highest BCUT2D eigenvalue weighted by molar-refractivity contribution is 7.89. The number of rotatable bonds is 7. The van der Waals surface area contributed by atoms with Crippen molar-refractivity contribution >= 4 is 15.9 Å². The first-order chi connectivity index (χ1) is 13.9. The van der Waals surface area contributed by atoms with E-state index in [9.17, 15) is 13.2 Å². The van der Waals surface area contributed by atoms with E-state index in [4.69, 9.17) is 9.47 Å². The molecule has 1 aliphatic carbocycles. The molecule has 3 rings (SSSR count). The minimum Gasteiger partial charge on any atom is -0.497 e. The van der Waals surface area contributed by atoms with Crippen molar-refractivity contribution < 1.29 is 27.6 Å². The summed E-state index contributed by atoms with van der Waals surface area (Å²) in [5.74, 6) is 0.827. The predicted octanol–water partition coefficient (Wildman–Crippen LogP) is 0.0403. The van der Waals surface area contributed by atoms with Gasteiger partial charge in [0.05, 0.1) is 40.4 Å². The molecule has 0 radical (unpaired) electrons. The molecule has 2 N–H and O–H groups in total. The SMILES string of the molecule is COc1ccc(OC)c(S(=O)(=O)N2CC[NH+]([C@@H](C)C(=O)NC3CCCC3)CC2)c1. The molecule has 1 aliphatic heterocycles. The van der Waals surface area contributed by atoms with Crippen molar-refractivity contribution in [2.45, 2.75) is 49.6 Å². The van der Waals surface area contributed by atoms with Gasteiger partial charge < -0.3 is 19.7 Å². The molecule has 2 fully saturated rings. The number of hydrogen-bond acceptors (Lipinski definition) is 5. The normalized spacial score (nSPS) is 20.4. The van der Waals surface area contributed by atoms with E-state index in [0.29, 0.717) is 43.7 Å². The molecule has 1 aromatic rings. The summed E-state index contributed by atoms with van der Waals surface area (Å²) in [7, 11) is -0.761. The van der Waals surface area contributed by atoms with Crippen LogP contribution in [0.2, 0.25) is 0 Å². The van der Waals surface area contributed by atoms with E-state index < -0.39 is 10.0 Å². The van der Waals surface area contributed by atoms with Crippen LogP contribution in [0.4, 0.5) is 0 Å². The average Bonchev–Trinajstić information content (AvgIpc) is 3.25. The molecule has 1 heterocycles. The summed E-state index contributed by atoms with van der Waals surface area (Å²) < 4.78 is 38.3. The zero-order valence-corrected chi connectivity index (χ0v) is 18.3. The van der Waals surface area contributed by atoms with E-state index in [0.717, 1.165) is 17.7 Å². The summed E-state index contributed by atoms with van der Waals surface area (Å²) in [5, 5.41) is 3.15. The Kier molecular flexibility index (Phi) is 7.02. The van der Waals surface area contributed by atoms with Crippen LogP contribution in [0, 0.1) is 0 Å². The molecule has 1 saturated heterocycles. The third-order valence-electron chi connectivity index (χ3n) is 6.06. The number of ether oxygens (including phenoxy) is 2. The van der Waals surface area contributed by atoms with Crippen molar-refractivity contribution in [2.24, 2.45) is 0 Å². The van der Waals surface area contributed by atoms with Crippen molar-refractivity contribution in [1.29, 1.82) is 0 Å². The zero-order chi connectivity index (χ0) is 21.0. The first kappa shape index (κ1) is 21.9. The van der Waals surface area contributed by atoms with Crippen molar-refractivity contribution in [1.82, 2.24) is 9.62 Å². The Morgan fingerprint density at radius 1 is 1.17 bits per heavy atom. The van der Waals surface area contributed by atoms with Crippen LogP contribution < -0.4 is 19.7 Å². The van der Waals surface area contributed by atoms with Crippen molar-refractivity contribution in [3.63, 3.8) is 0 Å². The lowest BCUT2D eigenvalue weighted by Crippen LogP contribution is -3.19. The fourth-order valence-electron chi connectivity index (χ4n) is 4.15. The smallest absolute Gasteiger partial charge is 0.278 e. The van der Waals surface area contributed by atoms with Crippen LogP contribution in [0.1, 0.15) is 32.6 Å². The van der Waals surface area contributed by atoms with Crippen molar-refractivity contribution in [3.05, 3.63) is 18.2 Å². The number of piperazine rings is 1. The van der Waals surface area contributed by atoms with Gasteiger partial charge in [-0.2, -0.15) is 4.31 Å². The number of benzene rings is 1. The van der Waals surface area contributed by atoms with E-state index in [2.05, 4.69) is 5.32 Å². The highest BCUT2D eigenvalue weighted by Crippen LogP contribution is 2.30. The Bertz CT molecular complexity index is 815. The van der Waals surface area contributed by atoms with Gasteiger partial charge in [-0.05, 0) is 31.9 Å². The number of nitrogens with zero attached hydrogens (tertiary/aromatic N) is 1. The number of amides is 1. The maximum atomic E-state index is 13.2. The topological polar surface area (TPSA) is 89.4 Å². The Balaban J connectivity index is 1.64. The highest BCUT2D eigenvalue weighted by atomic mass is 32.2. The van der Waals surface area contributed by atoms with Crippen LogP contribution in [-0.4, -0.2) is 71.1 Å². The molecule has 0 bridgehead atoms. The molecule has 29 heavy (non-hydrogen) atoms. The molecule has 0 aromatic heterocycles. The Morgan fingerprint density at radius 3 is 2.41 bits per heavy atom. The van der Waals surface area contributed by atoms with E-state index in [1.807, 2.05) is 6.92 Å². The van der Waals surface area contributed by atoms with Crippen molar-refractivity contribution in [3.8, 4) is 11.5 Å². The van der Waals surface area contributed by atoms with Crippen LogP contribution in [0.5, 0.6) is 11.5 Å². The third-order valence-corrected chi connectivity index (χ3v) is 7.98. The standard InChI is InChI=1S/C20H31N3O5S/c1-15(20(24)21-16-6-4-5-7-16)22-10-12-23(13-11-22)29(25,26)19-14-17(27-2)8-9-18(19)28-3/h8-9,14-16H,4-7,10-13H2,1-3H3,(H,21,24)/p+1/t15-/m0/s1. The van der Waals surface area contributed by atoms with E-state index in [1.54, 1.807) is 12.1 Å². The van der Waals surface area contributed by atoms with Crippen LogP contribution in [0.25, 0.3) is 0 Å². The molecular formula is C20H32N3O5S+. The second-order valence-electron chi connectivity index (χ2n) is 7.79. The zero-order valence-electron chi connectivity index (χ0n) is 17.4. The molecule has 0 unspecified atom stereocenters. The fourth-order valence-corrected chi connectivity index (χ4v) is 5.77. The van der Waals surface area contributed by atoms with Crippen LogP contribution in [0.3, 0.4) is 0 Å². The first-order valence-corrected chi connectivity index (χ1v) is 11.7. The summed E-state index contributed by atoms with van der Waals surface area (Å²) in [6, 6.07) is 4.87. The summed E-state index contributed by atoms with van der Waals surface area (Å²) in [6.07, 6.45) is 4.47. The minimum absolute atomic E-state index is 0.0673. The van der Waals surface area contributed by atoms with Gasteiger partial charge in [-0.1, -0.05) is 12.8 Å². The number of nitrogens with one attached hydrogen (secondary N) is 2. The largest absolute Gasteiger partial charge is 0.497 e. The van der Waals surface area contributed by atoms with Crippen LogP contribution >= 0.6 is 0 Å². The van der Waals surface area contributed by atoms with Gasteiger partial charge in [-0.25, -0.2) is 8.42 Å². The minimum atomic E-state index is -3.71. The average molecular weight is 427 g/mol. The Hall–Kier alpha value is -1.84. The van der Waals surface area contributed by atoms with E-state index in [1.165, 1.54) is 37.4 Å². The number of methoxy groups -OCH3 is 2. The van der Waals surface area contributed by atoms with Gasteiger partial charge in [0.25, 0.3) is 5.91 Å². The van der Waals surface area contributed by atoms with Gasteiger partial charge in [-0.3, -0.25) is 4.79 Å². The molecule has 1 saturated carbocycles. The summed E-state index contributed by atoms with van der Waals surface area (Å²) in [5.41, 5.74) is 0. The second kappa shape index (κ2) is 9.32. The molecular weight excluding hydrogens is 394 g/mol. The molecule has 1 amide bonds. The molecule has 2 aliphatic rings. The predicted molar refractivity (Wildman–Crippen MR) is 109 cm³/mol. The van der Waals surface area contributed by atoms with Gasteiger partial charge >= 0.3 is 0 Å². The molecule has 0 spiro atoms. The van der Waals surface area contributed by atoms with Crippen LogP contribution in [0.15, 0.2) is 23.1 Å². The molecule has 9 heteroatoms. The lowest BCUT2D eigenvalue weighted by Gasteiger charge is -2.34. The molecule has 8 nitrogen and oxygen atoms in total. The fraction of sp³-hybridized carbons (Fsp3) is 0.650. The summed E-state index contributed by atoms with van der Waals surface area (Å²) in [4.78, 5) is 13.8. The summed E-state index contributed by atoms with van der Waals surface area (Å²) >= 11 is 0. The van der Waals surface area contributed by atoms with Gasteiger partial charge in [-0.15, -0.1) is 0 Å². The monoisotopic (exact) mass is 426 g/mol. The Morgan fingerprint density at radius 2 is 1.83 bits per heavy atom. The Labute approximate surface area is 173 Å². The first-order valence-electron chi connectivity index (χ1n) is 10.2. The summed E-state index contributed by atoms with van der Waals surface area (Å²) in [6.45, 7) is 3.82. The molecule has 162 valence electrons. The van der Waals surface area contributed by atoms with E-state index in [-0.39, 0.29) is 16.8 Å². The molecule has 1 aromatic carbocycles. The number of carbonyl (C=O) groups excluding carboxylic acids is 1. The number of hydrogen-bond donors (Lipinski definition) is 2. The maximum absolute atomic E-state index is 13.2. The lowest BCUT2D eigenvalue weighted by molar-refractivity contribution is -0.917. The van der Waals surface area contributed by atoms with Crippen LogP contribution in [-0.2, 0) is 14.8 Å². The number of carbonyl (C=O) groups is 1. The number of quaternary nitrogens is 1. The van der Waals surface area contributed by atoms with E-state index >= 15 is 0 Å². The maximum Gasteiger partial charge on any atom is 0.278 e. The second-order valence-corrected chi connectivity index (χ2v) is 9.70. The van der Waals surface area contributed by atoms with Gasteiger partial charge in [0.15, 0.2) is 6.04 Å². The van der Waals surface area contributed by atoms with Crippen molar-refractivity contribution in [2.75, 3.05) is 40.4 Å². The lowest BCUT2D eigenvalue weighted by atomic mass is 10.2. The van der Waals surface area contributed by atoms with Gasteiger partial charge in [0.1, 0.15) is 16.4 Å². The van der Waals surface area contributed by atoms with Gasteiger partial charge in [0.2, 0.25) is 10.0 Å². The van der Waals surface area contributed by atoms with Gasteiger partial charge in [0, 0.05) is 12.1 Å². The molecule has 1 atom stereocenters. The number of sulfonamides is 1. The quantitative estimate of drug-likeness (QED) is 0.643. The highest BCUT2D eigenvalue weighted by Gasteiger charge is 2.36.